The molecular formula is C38H23N3O4. The van der Waals surface area contributed by atoms with Crippen LogP contribution in [0.15, 0.2) is 127 Å². The van der Waals surface area contributed by atoms with E-state index < -0.39 is 23.0 Å². The van der Waals surface area contributed by atoms with Crippen LogP contribution < -0.4 is 9.64 Å². The minimum Gasteiger partial charge on any atom is -0.455 e. The van der Waals surface area contributed by atoms with E-state index in [9.17, 15) is 20.1 Å². The number of carbonyl (C=O) groups is 2. The second kappa shape index (κ2) is 9.75. The van der Waals surface area contributed by atoms with Crippen LogP contribution >= 0.6 is 0 Å². The molecule has 3 heterocycles. The Hall–Kier alpha value is -6.02. The van der Waals surface area contributed by atoms with Crippen LogP contribution in [-0.2, 0) is 25.5 Å². The van der Waals surface area contributed by atoms with Gasteiger partial charge in [0.2, 0.25) is 11.8 Å². The van der Waals surface area contributed by atoms with Crippen molar-refractivity contribution in [3.8, 4) is 23.6 Å². The number of rotatable bonds is 5. The highest BCUT2D eigenvalue weighted by molar-refractivity contribution is 6.24. The molecule has 2 saturated heterocycles. The molecule has 5 aromatic rings. The third-order valence-electron chi connectivity index (χ3n) is 9.20. The maximum Gasteiger partial charge on any atom is 0.241 e. The second-order valence-corrected chi connectivity index (χ2v) is 11.3. The van der Waals surface area contributed by atoms with Crippen LogP contribution in [0.4, 0.5) is 5.69 Å². The minimum atomic E-state index is -1.20. The third-order valence-corrected chi connectivity index (χ3v) is 9.20. The molecule has 3 aliphatic heterocycles. The van der Waals surface area contributed by atoms with Gasteiger partial charge in [-0.05, 0) is 52.6 Å². The summed E-state index contributed by atoms with van der Waals surface area (Å²) in [6.45, 7) is 0. The van der Waals surface area contributed by atoms with Gasteiger partial charge in [-0.2, -0.15) is 10.5 Å². The summed E-state index contributed by atoms with van der Waals surface area (Å²) in [5, 5.41) is 18.9. The van der Waals surface area contributed by atoms with Gasteiger partial charge in [-0.1, -0.05) is 97.1 Å². The van der Waals surface area contributed by atoms with Gasteiger partial charge in [0.25, 0.3) is 0 Å². The van der Waals surface area contributed by atoms with Crippen LogP contribution in [0, 0.1) is 34.5 Å². The van der Waals surface area contributed by atoms with E-state index in [1.807, 2.05) is 97.1 Å². The largest absolute Gasteiger partial charge is 0.455 e. The number of benzene rings is 5. The summed E-state index contributed by atoms with van der Waals surface area (Å²) in [5.41, 5.74) is 1.62. The lowest BCUT2D eigenvalue weighted by molar-refractivity contribution is -0.131. The SMILES string of the molecule is N#Cc1ccc(Oc2ccccc2N2C(=O)C3C(C2=O)[C@@]2(c4ccccc4)O[C@]3(c3ccccc3)c3ccccc32)cc1C#N. The number of para-hydroxylation sites is 2. The van der Waals surface area contributed by atoms with Crippen molar-refractivity contribution in [2.45, 2.75) is 11.2 Å². The molecule has 8 rings (SSSR count). The Kier molecular flexibility index (Phi) is 5.76. The number of nitrogens with zero attached hydrogens (tertiary/aromatic N) is 3. The van der Waals surface area contributed by atoms with E-state index in [4.69, 9.17) is 9.47 Å². The Morgan fingerprint density at radius 2 is 1.13 bits per heavy atom. The molecule has 0 spiro atoms. The predicted molar refractivity (Wildman–Crippen MR) is 164 cm³/mol. The summed E-state index contributed by atoms with van der Waals surface area (Å²) in [6, 6.07) is 42.6. The molecule has 45 heavy (non-hydrogen) atoms. The fraction of sp³-hybridized carbons (Fsp3) is 0.105. The zero-order valence-corrected chi connectivity index (χ0v) is 23.8. The van der Waals surface area contributed by atoms with E-state index in [2.05, 4.69) is 0 Å². The first kappa shape index (κ1) is 26.6. The van der Waals surface area contributed by atoms with Gasteiger partial charge < -0.3 is 9.47 Å². The smallest absolute Gasteiger partial charge is 0.241 e. The Bertz CT molecular complexity index is 2030. The number of fused-ring (bicyclic) bond motifs is 8. The van der Waals surface area contributed by atoms with Crippen molar-refractivity contribution in [1.29, 1.82) is 10.5 Å². The van der Waals surface area contributed by atoms with E-state index in [1.165, 1.54) is 17.0 Å². The summed E-state index contributed by atoms with van der Waals surface area (Å²) in [4.78, 5) is 30.9. The lowest BCUT2D eigenvalue weighted by Gasteiger charge is -2.34. The topological polar surface area (TPSA) is 103 Å². The molecule has 7 heteroatoms. The van der Waals surface area contributed by atoms with Crippen molar-refractivity contribution < 1.29 is 19.1 Å². The third kappa shape index (κ3) is 3.47. The first-order valence-corrected chi connectivity index (χ1v) is 14.5. The summed E-state index contributed by atoms with van der Waals surface area (Å²) >= 11 is 0. The van der Waals surface area contributed by atoms with Gasteiger partial charge in [-0.3, -0.25) is 9.59 Å². The van der Waals surface area contributed by atoms with Crippen LogP contribution in [0.25, 0.3) is 0 Å². The summed E-state index contributed by atoms with van der Waals surface area (Å²) in [6.07, 6.45) is 0. The van der Waals surface area contributed by atoms with Crippen molar-refractivity contribution in [2.24, 2.45) is 11.8 Å². The van der Waals surface area contributed by atoms with E-state index >= 15 is 0 Å². The zero-order valence-electron chi connectivity index (χ0n) is 23.8. The Labute approximate surface area is 259 Å². The molecule has 214 valence electrons. The molecule has 2 bridgehead atoms. The van der Waals surface area contributed by atoms with Crippen molar-refractivity contribution in [3.63, 3.8) is 0 Å². The molecule has 0 N–H and O–H groups in total. The zero-order chi connectivity index (χ0) is 30.8. The summed E-state index contributed by atoms with van der Waals surface area (Å²) in [5.74, 6) is -1.90. The van der Waals surface area contributed by atoms with Gasteiger partial charge in [0.05, 0.1) is 28.7 Å². The second-order valence-electron chi connectivity index (χ2n) is 11.3. The van der Waals surface area contributed by atoms with Crippen molar-refractivity contribution in [2.75, 3.05) is 4.90 Å². The molecule has 0 aromatic heterocycles. The number of hydrogen-bond donors (Lipinski definition) is 0. The van der Waals surface area contributed by atoms with Crippen molar-refractivity contribution >= 4 is 17.5 Å². The number of amides is 2. The minimum absolute atomic E-state index is 0.163. The molecule has 2 fully saturated rings. The van der Waals surface area contributed by atoms with E-state index in [1.54, 1.807) is 30.3 Å². The van der Waals surface area contributed by atoms with Gasteiger partial charge in [0.1, 0.15) is 29.1 Å². The molecule has 5 aromatic carbocycles. The van der Waals surface area contributed by atoms with Crippen LogP contribution in [-0.4, -0.2) is 11.8 Å². The molecule has 0 aliphatic carbocycles. The first-order valence-electron chi connectivity index (χ1n) is 14.5. The number of imide groups is 1. The molecule has 2 amide bonds. The maximum absolute atomic E-state index is 14.8. The molecule has 0 radical (unpaired) electrons. The molecule has 4 atom stereocenters. The Morgan fingerprint density at radius 3 is 1.69 bits per heavy atom. The van der Waals surface area contributed by atoms with E-state index in [0.717, 1.165) is 22.3 Å². The van der Waals surface area contributed by atoms with Gasteiger partial charge in [-0.25, -0.2) is 4.90 Å². The van der Waals surface area contributed by atoms with Crippen LogP contribution in [0.2, 0.25) is 0 Å². The van der Waals surface area contributed by atoms with Gasteiger partial charge >= 0.3 is 0 Å². The highest BCUT2D eigenvalue weighted by Gasteiger charge is 2.78. The molecule has 7 nitrogen and oxygen atoms in total. The number of carbonyl (C=O) groups excluding carboxylic acids is 2. The average Bonchev–Trinajstić information content (AvgIpc) is 3.69. The highest BCUT2D eigenvalue weighted by atomic mass is 16.5. The average molecular weight is 586 g/mol. The maximum atomic E-state index is 14.8. The van der Waals surface area contributed by atoms with Crippen LogP contribution in [0.5, 0.6) is 11.5 Å². The first-order chi connectivity index (χ1) is 22.0. The fourth-order valence-electron chi connectivity index (χ4n) is 7.47. The van der Waals surface area contributed by atoms with Crippen LogP contribution in [0.1, 0.15) is 33.4 Å². The fourth-order valence-corrected chi connectivity index (χ4v) is 7.47. The molecule has 2 unspecified atom stereocenters. The summed E-state index contributed by atoms with van der Waals surface area (Å²) < 4.78 is 13.4. The van der Waals surface area contributed by atoms with E-state index in [-0.39, 0.29) is 28.7 Å². The lowest BCUT2D eigenvalue weighted by Crippen LogP contribution is -2.42. The molecule has 0 saturated carbocycles. The number of nitriles is 2. The monoisotopic (exact) mass is 585 g/mol. The van der Waals surface area contributed by atoms with Crippen LogP contribution in [0.3, 0.4) is 0 Å². The quantitative estimate of drug-likeness (QED) is 0.217. The number of ether oxygens (including phenoxy) is 2. The Balaban J connectivity index is 1.31. The normalized spacial score (nSPS) is 24.1. The lowest BCUT2D eigenvalue weighted by atomic mass is 9.61. The van der Waals surface area contributed by atoms with Gasteiger partial charge in [0.15, 0.2) is 5.75 Å². The van der Waals surface area contributed by atoms with Gasteiger partial charge in [0, 0.05) is 0 Å². The predicted octanol–water partition coefficient (Wildman–Crippen LogP) is 6.56. The molecule has 3 aliphatic rings. The molecular weight excluding hydrogens is 562 g/mol. The number of hydrogen-bond acceptors (Lipinski definition) is 6. The summed E-state index contributed by atoms with van der Waals surface area (Å²) in [7, 11) is 0. The standard InChI is InChI=1S/C38H23N3O4/c39-22-24-19-20-28(21-25(24)23-40)44-32-18-10-9-17-31(32)41-35(42)33-34(36(41)43)38(27-13-5-2-6-14-27)30-16-8-7-15-29(30)37(33,45-38)26-11-3-1-4-12-26/h1-21,33-34H/t33?,34?,37-,38+. The number of anilines is 1. The Morgan fingerprint density at radius 1 is 0.622 bits per heavy atom. The highest BCUT2D eigenvalue weighted by Crippen LogP contribution is 2.70. The van der Waals surface area contributed by atoms with Crippen molar-refractivity contribution in [3.05, 3.63) is 161 Å². The van der Waals surface area contributed by atoms with E-state index in [0.29, 0.717) is 11.4 Å². The van der Waals surface area contributed by atoms with Crippen molar-refractivity contribution in [1.82, 2.24) is 0 Å². The van der Waals surface area contributed by atoms with Gasteiger partial charge in [-0.15, -0.1) is 0 Å².